The van der Waals surface area contributed by atoms with Crippen LogP contribution in [0.15, 0.2) is 54.4 Å². The summed E-state index contributed by atoms with van der Waals surface area (Å²) in [5, 5.41) is 10.9. The van der Waals surface area contributed by atoms with E-state index in [1.54, 1.807) is 23.0 Å². The molecule has 0 bridgehead atoms. The van der Waals surface area contributed by atoms with E-state index in [4.69, 9.17) is 11.5 Å². The highest BCUT2D eigenvalue weighted by Gasteiger charge is 2.29. The SMILES string of the molecule is CC1=C(n2c(N)c(C(N)=O)c3cc(-c4ccccn4)cnc32)[C@H](C)[C@H](O)C=C1. The van der Waals surface area contributed by atoms with Crippen LogP contribution in [0, 0.1) is 5.92 Å². The molecular formula is C21H21N5O2. The van der Waals surface area contributed by atoms with Gasteiger partial charge in [0.25, 0.3) is 5.91 Å². The highest BCUT2D eigenvalue weighted by molar-refractivity contribution is 6.12. The lowest BCUT2D eigenvalue weighted by Crippen LogP contribution is -2.24. The van der Waals surface area contributed by atoms with Crippen molar-refractivity contribution in [2.24, 2.45) is 11.7 Å². The van der Waals surface area contributed by atoms with Gasteiger partial charge in [0.15, 0.2) is 0 Å². The fraction of sp³-hybridized carbons (Fsp3) is 0.190. The van der Waals surface area contributed by atoms with Crippen molar-refractivity contribution in [2.45, 2.75) is 20.0 Å². The number of amides is 1. The summed E-state index contributed by atoms with van der Waals surface area (Å²) in [6.07, 6.45) is 6.32. The van der Waals surface area contributed by atoms with E-state index in [1.165, 1.54) is 0 Å². The average molecular weight is 375 g/mol. The third-order valence-corrected chi connectivity index (χ3v) is 5.18. The molecule has 0 unspecified atom stereocenters. The Kier molecular flexibility index (Phi) is 4.24. The average Bonchev–Trinajstić information content (AvgIpc) is 2.97. The molecule has 0 spiro atoms. The van der Waals surface area contributed by atoms with Crippen LogP contribution in [0.4, 0.5) is 5.82 Å². The molecular weight excluding hydrogens is 354 g/mol. The zero-order valence-corrected chi connectivity index (χ0v) is 15.6. The van der Waals surface area contributed by atoms with Gasteiger partial charge in [0, 0.05) is 35.0 Å². The van der Waals surface area contributed by atoms with Crippen molar-refractivity contribution in [2.75, 3.05) is 5.73 Å². The highest BCUT2D eigenvalue weighted by atomic mass is 16.3. The first-order valence-corrected chi connectivity index (χ1v) is 8.98. The first kappa shape index (κ1) is 17.9. The Hall–Kier alpha value is -3.45. The molecule has 5 N–H and O–H groups in total. The molecule has 3 aromatic heterocycles. The minimum absolute atomic E-state index is 0.219. The van der Waals surface area contributed by atoms with Crippen LogP contribution in [0.2, 0.25) is 0 Å². The van der Waals surface area contributed by atoms with Crippen LogP contribution in [0.5, 0.6) is 0 Å². The van der Waals surface area contributed by atoms with Gasteiger partial charge in [-0.25, -0.2) is 4.98 Å². The van der Waals surface area contributed by atoms with Crippen molar-refractivity contribution in [1.82, 2.24) is 14.5 Å². The minimum atomic E-state index is -0.652. The van der Waals surface area contributed by atoms with E-state index in [9.17, 15) is 9.90 Å². The zero-order valence-electron chi connectivity index (χ0n) is 15.6. The third-order valence-electron chi connectivity index (χ3n) is 5.18. The molecule has 7 nitrogen and oxygen atoms in total. The first-order valence-electron chi connectivity index (χ1n) is 8.98. The maximum atomic E-state index is 12.2. The standard InChI is InChI=1S/C21H21N5O2/c1-11-6-7-16(27)12(2)18(11)26-19(22)17(20(23)28)14-9-13(10-25-21(14)26)15-5-3-4-8-24-15/h3-10,12,16,27H,22H2,1-2H3,(H2,23,28)/t12-,16-/m1/s1. The highest BCUT2D eigenvalue weighted by Crippen LogP contribution is 2.38. The molecule has 0 saturated carbocycles. The molecule has 3 aromatic rings. The van der Waals surface area contributed by atoms with Gasteiger partial charge in [0.1, 0.15) is 11.5 Å². The summed E-state index contributed by atoms with van der Waals surface area (Å²) < 4.78 is 1.73. The maximum absolute atomic E-state index is 12.2. The van der Waals surface area contributed by atoms with E-state index in [2.05, 4.69) is 9.97 Å². The lowest BCUT2D eigenvalue weighted by atomic mass is 9.91. The topological polar surface area (TPSA) is 120 Å². The monoisotopic (exact) mass is 375 g/mol. The van der Waals surface area contributed by atoms with Gasteiger partial charge < -0.3 is 16.6 Å². The summed E-state index contributed by atoms with van der Waals surface area (Å²) in [5.74, 6) is -0.628. The molecule has 0 aliphatic heterocycles. The normalized spacial score (nSPS) is 19.4. The van der Waals surface area contributed by atoms with Crippen molar-refractivity contribution >= 4 is 28.5 Å². The quantitative estimate of drug-likeness (QED) is 0.650. The Morgan fingerprint density at radius 3 is 2.75 bits per heavy atom. The number of hydrogen-bond donors (Lipinski definition) is 3. The molecule has 1 amide bonds. The summed E-state index contributed by atoms with van der Waals surface area (Å²) in [7, 11) is 0. The number of aliphatic hydroxyl groups excluding tert-OH is 1. The number of fused-ring (bicyclic) bond motifs is 1. The summed E-state index contributed by atoms with van der Waals surface area (Å²) >= 11 is 0. The lowest BCUT2D eigenvalue weighted by Gasteiger charge is -2.27. The number of hydrogen-bond acceptors (Lipinski definition) is 5. The van der Waals surface area contributed by atoms with E-state index in [1.807, 2.05) is 44.2 Å². The number of pyridine rings is 2. The zero-order chi connectivity index (χ0) is 20.0. The van der Waals surface area contributed by atoms with Gasteiger partial charge >= 0.3 is 0 Å². The van der Waals surface area contributed by atoms with Gasteiger partial charge in [-0.05, 0) is 30.7 Å². The molecule has 0 radical (unpaired) electrons. The van der Waals surface area contributed by atoms with Gasteiger partial charge in [0.05, 0.1) is 17.4 Å². The summed E-state index contributed by atoms with van der Waals surface area (Å²) in [5.41, 5.74) is 16.0. The molecule has 3 heterocycles. The second-order valence-corrected chi connectivity index (χ2v) is 6.98. The molecule has 1 aliphatic carbocycles. The van der Waals surface area contributed by atoms with Crippen LogP contribution in [-0.2, 0) is 0 Å². The molecule has 2 atom stereocenters. The second-order valence-electron chi connectivity index (χ2n) is 6.98. The number of aliphatic hydroxyl groups is 1. The number of nitrogen functional groups attached to an aromatic ring is 1. The van der Waals surface area contributed by atoms with Crippen molar-refractivity contribution in [3.8, 4) is 11.3 Å². The van der Waals surface area contributed by atoms with Gasteiger partial charge in [-0.15, -0.1) is 0 Å². The minimum Gasteiger partial charge on any atom is -0.388 e. The Bertz CT molecular complexity index is 1140. The molecule has 0 fully saturated rings. The van der Waals surface area contributed by atoms with E-state index in [-0.39, 0.29) is 17.3 Å². The first-order chi connectivity index (χ1) is 13.4. The van der Waals surface area contributed by atoms with Crippen molar-refractivity contribution in [3.63, 3.8) is 0 Å². The molecule has 28 heavy (non-hydrogen) atoms. The fourth-order valence-electron chi connectivity index (χ4n) is 3.76. The van der Waals surface area contributed by atoms with Crippen molar-refractivity contribution in [1.29, 1.82) is 0 Å². The summed E-state index contributed by atoms with van der Waals surface area (Å²) in [6, 6.07) is 7.40. The predicted octanol–water partition coefficient (Wildman–Crippen LogP) is 2.58. The fourth-order valence-corrected chi connectivity index (χ4v) is 3.76. The van der Waals surface area contributed by atoms with E-state index >= 15 is 0 Å². The number of aromatic nitrogens is 3. The number of nitrogens with two attached hydrogens (primary N) is 2. The Morgan fingerprint density at radius 1 is 1.29 bits per heavy atom. The smallest absolute Gasteiger partial charge is 0.253 e. The predicted molar refractivity (Wildman–Crippen MR) is 109 cm³/mol. The number of anilines is 1. The molecule has 0 aromatic carbocycles. The number of nitrogens with zero attached hydrogens (tertiary/aromatic N) is 3. The third kappa shape index (κ3) is 2.68. The van der Waals surface area contributed by atoms with Crippen LogP contribution < -0.4 is 11.5 Å². The van der Waals surface area contributed by atoms with E-state index < -0.39 is 12.0 Å². The maximum Gasteiger partial charge on any atom is 0.253 e. The van der Waals surface area contributed by atoms with Gasteiger partial charge in [-0.3, -0.25) is 14.3 Å². The second kappa shape index (κ2) is 6.61. The molecule has 1 aliphatic rings. The number of allylic oxidation sites excluding steroid dienone is 2. The Balaban J connectivity index is 2.03. The van der Waals surface area contributed by atoms with Crippen LogP contribution in [0.3, 0.4) is 0 Å². The number of primary amides is 1. The van der Waals surface area contributed by atoms with Gasteiger partial charge in [-0.1, -0.05) is 25.1 Å². The molecule has 142 valence electrons. The van der Waals surface area contributed by atoms with Crippen molar-refractivity contribution in [3.05, 3.63) is 59.9 Å². The molecule has 0 saturated heterocycles. The summed E-state index contributed by atoms with van der Waals surface area (Å²) in [6.45, 7) is 3.84. The summed E-state index contributed by atoms with van der Waals surface area (Å²) in [4.78, 5) is 21.1. The Labute approximate surface area is 162 Å². The van der Waals surface area contributed by atoms with Crippen LogP contribution in [0.1, 0.15) is 24.2 Å². The van der Waals surface area contributed by atoms with E-state index in [0.29, 0.717) is 11.0 Å². The Morgan fingerprint density at radius 2 is 2.07 bits per heavy atom. The number of carbonyl (C=O) groups is 1. The van der Waals surface area contributed by atoms with Crippen LogP contribution >= 0.6 is 0 Å². The van der Waals surface area contributed by atoms with E-state index in [0.717, 1.165) is 22.5 Å². The van der Waals surface area contributed by atoms with Crippen molar-refractivity contribution < 1.29 is 9.90 Å². The van der Waals surface area contributed by atoms with Gasteiger partial charge in [0.2, 0.25) is 0 Å². The number of carbonyl (C=O) groups excluding carboxylic acids is 1. The molecule has 4 rings (SSSR count). The lowest BCUT2D eigenvalue weighted by molar-refractivity contribution is 0.100. The van der Waals surface area contributed by atoms with Gasteiger partial charge in [-0.2, -0.15) is 0 Å². The number of rotatable bonds is 3. The van der Waals surface area contributed by atoms with Crippen LogP contribution in [-0.4, -0.2) is 31.7 Å². The van der Waals surface area contributed by atoms with Crippen LogP contribution in [0.25, 0.3) is 28.0 Å². The molecule has 7 heteroatoms. The largest absolute Gasteiger partial charge is 0.388 e.